The van der Waals surface area contributed by atoms with Crippen molar-refractivity contribution in [2.24, 2.45) is 17.6 Å². The summed E-state index contributed by atoms with van der Waals surface area (Å²) in [6.45, 7) is -0.897. The second-order valence-corrected chi connectivity index (χ2v) is 9.91. The molecule has 13 heteroatoms. The summed E-state index contributed by atoms with van der Waals surface area (Å²) in [6, 6.07) is 0. The molecular weight excluding hydrogens is 404 g/mol. The third-order valence-electron chi connectivity index (χ3n) is 5.87. The van der Waals surface area contributed by atoms with E-state index in [1.54, 1.807) is 0 Å². The van der Waals surface area contributed by atoms with E-state index < -0.39 is 58.5 Å². The van der Waals surface area contributed by atoms with Crippen LogP contribution < -0.4 is 5.73 Å². The highest BCUT2D eigenvalue weighted by molar-refractivity contribution is 7.89. The Labute approximate surface area is 162 Å². The topological polar surface area (TPSA) is 141 Å². The molecule has 0 bridgehead atoms. The van der Waals surface area contributed by atoms with Crippen LogP contribution in [0.15, 0.2) is 0 Å². The van der Waals surface area contributed by atoms with E-state index in [0.29, 0.717) is 6.42 Å². The molecule has 2 fully saturated rings. The number of aliphatic carboxylic acids is 1. The second-order valence-electron chi connectivity index (χ2n) is 7.76. The summed E-state index contributed by atoms with van der Waals surface area (Å²) >= 11 is 0. The van der Waals surface area contributed by atoms with Crippen LogP contribution in [0, 0.1) is 11.8 Å². The number of sulfonamides is 1. The van der Waals surface area contributed by atoms with Crippen molar-refractivity contribution in [1.82, 2.24) is 4.31 Å². The van der Waals surface area contributed by atoms with Crippen molar-refractivity contribution < 1.29 is 41.5 Å². The van der Waals surface area contributed by atoms with Crippen LogP contribution in [0.2, 0.25) is 6.32 Å². The van der Waals surface area contributed by atoms with E-state index in [0.717, 1.165) is 4.31 Å². The number of hydrogen-bond acceptors (Lipinski definition) is 6. The Balaban J connectivity index is 2.24. The third-order valence-corrected chi connectivity index (χ3v) is 8.20. The number of nitrogens with two attached hydrogens (primary N) is 1. The van der Waals surface area contributed by atoms with Gasteiger partial charge in [0.25, 0.3) is 0 Å². The summed E-state index contributed by atoms with van der Waals surface area (Å²) in [4.78, 5) is 11.7. The fourth-order valence-electron chi connectivity index (χ4n) is 4.25. The van der Waals surface area contributed by atoms with E-state index in [4.69, 9.17) is 15.8 Å². The molecule has 0 radical (unpaired) electrons. The first-order chi connectivity index (χ1) is 12.8. The average Bonchev–Trinajstić information content (AvgIpc) is 2.93. The van der Waals surface area contributed by atoms with E-state index in [1.165, 1.54) is 0 Å². The van der Waals surface area contributed by atoms with Crippen molar-refractivity contribution in [2.45, 2.75) is 61.8 Å². The quantitative estimate of drug-likeness (QED) is 0.429. The van der Waals surface area contributed by atoms with E-state index >= 15 is 0 Å². The molecule has 8 nitrogen and oxygen atoms in total. The molecule has 1 aliphatic carbocycles. The molecule has 162 valence electrons. The molecule has 1 heterocycles. The molecule has 2 unspecified atom stereocenters. The SMILES string of the molecule is N[C@@]1(C(=O)O)CN(S(=O)(=O)C2CCCCC2C(F)(F)F)C[C@@H]1CCCB(O)O. The molecule has 0 aromatic carbocycles. The molecular formula is C15H26BF3N2O6S. The van der Waals surface area contributed by atoms with Gasteiger partial charge in [-0.3, -0.25) is 4.79 Å². The van der Waals surface area contributed by atoms with Gasteiger partial charge in [-0.15, -0.1) is 0 Å². The fourth-order valence-corrected chi connectivity index (χ4v) is 6.58. The van der Waals surface area contributed by atoms with Gasteiger partial charge >= 0.3 is 19.3 Å². The van der Waals surface area contributed by atoms with Gasteiger partial charge in [-0.25, -0.2) is 8.42 Å². The van der Waals surface area contributed by atoms with Crippen molar-refractivity contribution in [3.8, 4) is 0 Å². The summed E-state index contributed by atoms with van der Waals surface area (Å²) in [7, 11) is -5.99. The predicted octanol–water partition coefficient (Wildman–Crippen LogP) is 0.404. The monoisotopic (exact) mass is 430 g/mol. The lowest BCUT2D eigenvalue weighted by atomic mass is 9.78. The van der Waals surface area contributed by atoms with Crippen LogP contribution in [0.4, 0.5) is 13.2 Å². The zero-order valence-corrected chi connectivity index (χ0v) is 16.1. The van der Waals surface area contributed by atoms with Gasteiger partial charge in [-0.2, -0.15) is 17.5 Å². The lowest BCUT2D eigenvalue weighted by Crippen LogP contribution is -2.55. The number of rotatable bonds is 7. The van der Waals surface area contributed by atoms with Gasteiger partial charge in [0.1, 0.15) is 5.54 Å². The predicted molar refractivity (Wildman–Crippen MR) is 94.6 cm³/mol. The molecule has 28 heavy (non-hydrogen) atoms. The van der Waals surface area contributed by atoms with Crippen LogP contribution in [-0.2, 0) is 14.8 Å². The molecule has 0 aromatic heterocycles. The number of carboxylic acid groups (broad SMARTS) is 1. The Morgan fingerprint density at radius 1 is 1.25 bits per heavy atom. The van der Waals surface area contributed by atoms with Crippen LogP contribution in [0.25, 0.3) is 0 Å². The first-order valence-corrected chi connectivity index (χ1v) is 10.7. The zero-order valence-electron chi connectivity index (χ0n) is 15.3. The number of hydrogen-bond donors (Lipinski definition) is 4. The highest BCUT2D eigenvalue weighted by Gasteiger charge is 2.57. The van der Waals surface area contributed by atoms with Gasteiger partial charge in [0.15, 0.2) is 0 Å². The summed E-state index contributed by atoms with van der Waals surface area (Å²) < 4.78 is 66.8. The molecule has 1 saturated heterocycles. The van der Waals surface area contributed by atoms with Crippen molar-refractivity contribution in [2.75, 3.05) is 13.1 Å². The third kappa shape index (κ3) is 4.81. The Morgan fingerprint density at radius 2 is 1.86 bits per heavy atom. The average molecular weight is 430 g/mol. The van der Waals surface area contributed by atoms with Gasteiger partial charge in [0.2, 0.25) is 10.0 Å². The largest absolute Gasteiger partial charge is 0.480 e. The lowest BCUT2D eigenvalue weighted by Gasteiger charge is -2.35. The maximum absolute atomic E-state index is 13.4. The van der Waals surface area contributed by atoms with Crippen molar-refractivity contribution >= 4 is 23.1 Å². The summed E-state index contributed by atoms with van der Waals surface area (Å²) in [6.07, 6.45) is -4.15. The fraction of sp³-hybridized carbons (Fsp3) is 0.933. The Hall–Kier alpha value is -0.885. The minimum absolute atomic E-state index is 0.0439. The first-order valence-electron chi connectivity index (χ1n) is 9.24. The Kier molecular flexibility index (Phi) is 7.07. The number of nitrogens with zero attached hydrogens (tertiary/aromatic N) is 1. The molecule has 1 aliphatic heterocycles. The van der Waals surface area contributed by atoms with Gasteiger partial charge < -0.3 is 20.9 Å². The molecule has 0 spiro atoms. The molecule has 2 aliphatic rings. The molecule has 1 saturated carbocycles. The maximum atomic E-state index is 13.4. The smallest absolute Gasteiger partial charge is 0.451 e. The number of halogens is 3. The van der Waals surface area contributed by atoms with Gasteiger partial charge in [-0.1, -0.05) is 19.3 Å². The van der Waals surface area contributed by atoms with E-state index in [2.05, 4.69) is 0 Å². The first kappa shape index (κ1) is 23.4. The zero-order chi connectivity index (χ0) is 21.3. The lowest BCUT2D eigenvalue weighted by molar-refractivity contribution is -0.180. The molecule has 5 N–H and O–H groups in total. The van der Waals surface area contributed by atoms with Crippen molar-refractivity contribution in [1.29, 1.82) is 0 Å². The Bertz CT molecular complexity index is 677. The van der Waals surface area contributed by atoms with E-state index in [-0.39, 0.29) is 45.0 Å². The highest BCUT2D eigenvalue weighted by Crippen LogP contribution is 2.43. The summed E-state index contributed by atoms with van der Waals surface area (Å²) in [5, 5.41) is 25.7. The normalized spacial score (nSPS) is 32.4. The van der Waals surface area contributed by atoms with Crippen molar-refractivity contribution in [3.05, 3.63) is 0 Å². The molecule has 0 amide bonds. The number of carbonyl (C=O) groups is 1. The number of alkyl halides is 3. The van der Waals surface area contributed by atoms with E-state index in [1.807, 2.05) is 0 Å². The summed E-state index contributed by atoms with van der Waals surface area (Å²) in [5.41, 5.74) is 4.01. The van der Waals surface area contributed by atoms with Crippen LogP contribution in [0.1, 0.15) is 38.5 Å². The minimum atomic E-state index is -4.65. The number of carboxylic acids is 1. The van der Waals surface area contributed by atoms with Gasteiger partial charge in [0, 0.05) is 19.0 Å². The van der Waals surface area contributed by atoms with Crippen LogP contribution in [0.3, 0.4) is 0 Å². The minimum Gasteiger partial charge on any atom is -0.480 e. The standard InChI is InChI=1S/C15H26BF3N2O6S/c17-15(18,19)11-5-1-2-6-12(11)28(26,27)21-8-10(4-3-7-16(24)25)14(20,9-21)13(22)23/h10-12,24-25H,1-9,20H2,(H,22,23)/t10-,11?,12?,14-/m0/s1. The van der Waals surface area contributed by atoms with Gasteiger partial charge in [0.05, 0.1) is 11.2 Å². The molecule has 2 rings (SSSR count). The summed E-state index contributed by atoms with van der Waals surface area (Å²) in [5.74, 6) is -4.26. The van der Waals surface area contributed by atoms with Crippen LogP contribution >= 0.6 is 0 Å². The van der Waals surface area contributed by atoms with Crippen molar-refractivity contribution in [3.63, 3.8) is 0 Å². The van der Waals surface area contributed by atoms with Gasteiger partial charge in [-0.05, 0) is 25.6 Å². The van der Waals surface area contributed by atoms with E-state index in [9.17, 15) is 31.5 Å². The maximum Gasteiger partial charge on any atom is 0.451 e. The second kappa shape index (κ2) is 8.46. The highest BCUT2D eigenvalue weighted by atomic mass is 32.2. The van der Waals surface area contributed by atoms with Crippen LogP contribution in [0.5, 0.6) is 0 Å². The Morgan fingerprint density at radius 3 is 2.39 bits per heavy atom. The molecule has 4 atom stereocenters. The molecule has 0 aromatic rings. The van der Waals surface area contributed by atoms with Crippen LogP contribution in [-0.4, -0.2) is 71.0 Å².